The van der Waals surface area contributed by atoms with Crippen molar-refractivity contribution in [2.24, 2.45) is 0 Å². The van der Waals surface area contributed by atoms with E-state index in [0.29, 0.717) is 46.7 Å². The summed E-state index contributed by atoms with van der Waals surface area (Å²) in [5.41, 5.74) is 0.155. The third-order valence-corrected chi connectivity index (χ3v) is 7.94. The summed E-state index contributed by atoms with van der Waals surface area (Å²) in [5.74, 6) is 0.0538. The summed E-state index contributed by atoms with van der Waals surface area (Å²) in [5, 5.41) is 0.777. The van der Waals surface area contributed by atoms with Gasteiger partial charge in [-0.25, -0.2) is 0 Å². The van der Waals surface area contributed by atoms with Gasteiger partial charge in [-0.2, -0.15) is 0 Å². The number of hydrogen-bond acceptors (Lipinski definition) is 7. The Hall–Kier alpha value is -2.52. The first-order chi connectivity index (χ1) is 18.3. The Bertz CT molecular complexity index is 1160. The van der Waals surface area contributed by atoms with Gasteiger partial charge in [0.1, 0.15) is 0 Å². The molecule has 2 aromatic carbocycles. The highest BCUT2D eigenvalue weighted by Gasteiger charge is 2.56. The van der Waals surface area contributed by atoms with E-state index in [0.717, 1.165) is 24.8 Å². The van der Waals surface area contributed by atoms with Crippen LogP contribution in [0.2, 0.25) is 10.0 Å². The number of methoxy groups -OCH3 is 3. The molecule has 10 heteroatoms. The molecule has 2 aliphatic rings. The van der Waals surface area contributed by atoms with E-state index in [1.54, 1.807) is 12.1 Å². The van der Waals surface area contributed by atoms with Crippen LogP contribution in [0.25, 0.3) is 0 Å². The summed E-state index contributed by atoms with van der Waals surface area (Å²) in [6.45, 7) is 2.69. The number of halogens is 2. The van der Waals surface area contributed by atoms with Gasteiger partial charge in [-0.05, 0) is 55.5 Å². The van der Waals surface area contributed by atoms with E-state index in [9.17, 15) is 9.59 Å². The van der Waals surface area contributed by atoms with Crippen LogP contribution < -0.4 is 14.2 Å². The van der Waals surface area contributed by atoms with Gasteiger partial charge in [-0.3, -0.25) is 14.5 Å². The highest BCUT2D eigenvalue weighted by atomic mass is 35.5. The average Bonchev–Trinajstić information content (AvgIpc) is 3.21. The molecule has 0 N–H and O–H groups in total. The molecule has 2 saturated heterocycles. The largest absolute Gasteiger partial charge is 0.493 e. The van der Waals surface area contributed by atoms with Gasteiger partial charge >= 0.3 is 0 Å². The van der Waals surface area contributed by atoms with Gasteiger partial charge < -0.3 is 23.7 Å². The minimum absolute atomic E-state index is 0.102. The SMILES string of the molecule is CCCC1(c2ccc(Cl)c(Cl)c2)CN(C(=O)c2cc(OC)c(OC)c(OC)c2)C(=O)C1OC1CCCCO1. The van der Waals surface area contributed by atoms with Crippen molar-refractivity contribution in [3.8, 4) is 17.2 Å². The summed E-state index contributed by atoms with van der Waals surface area (Å²) in [6.07, 6.45) is 2.39. The first kappa shape index (κ1) is 28.5. The minimum Gasteiger partial charge on any atom is -0.493 e. The molecule has 206 valence electrons. The molecule has 0 aliphatic carbocycles. The monoisotopic (exact) mass is 565 g/mol. The van der Waals surface area contributed by atoms with Crippen LogP contribution in [0.5, 0.6) is 17.2 Å². The number of carbonyl (C=O) groups is 2. The van der Waals surface area contributed by atoms with Crippen LogP contribution in [-0.4, -0.2) is 63.6 Å². The van der Waals surface area contributed by atoms with E-state index >= 15 is 0 Å². The summed E-state index contributed by atoms with van der Waals surface area (Å²) in [4.78, 5) is 29.2. The molecule has 8 nitrogen and oxygen atoms in total. The van der Waals surface area contributed by atoms with Gasteiger partial charge in [0.05, 0.1) is 31.4 Å². The molecule has 2 heterocycles. The maximum atomic E-state index is 14.0. The third-order valence-electron chi connectivity index (χ3n) is 7.21. The summed E-state index contributed by atoms with van der Waals surface area (Å²) in [6, 6.07) is 8.39. The molecule has 3 unspecified atom stereocenters. The lowest BCUT2D eigenvalue weighted by Gasteiger charge is -2.36. The Balaban J connectivity index is 1.79. The van der Waals surface area contributed by atoms with Crippen LogP contribution in [0.15, 0.2) is 30.3 Å². The molecule has 4 rings (SSSR count). The normalized spacial score (nSPS) is 23.4. The molecule has 3 atom stereocenters. The van der Waals surface area contributed by atoms with Crippen molar-refractivity contribution in [1.82, 2.24) is 4.90 Å². The quantitative estimate of drug-likeness (QED) is 0.363. The minimum atomic E-state index is -0.950. The Morgan fingerprint density at radius 2 is 1.76 bits per heavy atom. The van der Waals surface area contributed by atoms with Gasteiger partial charge in [0.2, 0.25) is 5.75 Å². The number of likely N-dealkylation sites (tertiary alicyclic amines) is 1. The lowest BCUT2D eigenvalue weighted by atomic mass is 9.74. The predicted molar refractivity (Wildman–Crippen MR) is 144 cm³/mol. The van der Waals surface area contributed by atoms with Crippen LogP contribution in [0.3, 0.4) is 0 Å². The van der Waals surface area contributed by atoms with E-state index in [1.807, 2.05) is 13.0 Å². The molecule has 0 radical (unpaired) electrons. The molecule has 0 spiro atoms. The Morgan fingerprint density at radius 1 is 1.05 bits per heavy atom. The smallest absolute Gasteiger partial charge is 0.260 e. The molecule has 0 saturated carbocycles. The lowest BCUT2D eigenvalue weighted by molar-refractivity contribution is -0.199. The second-order valence-corrected chi connectivity index (χ2v) is 10.3. The molecule has 2 amide bonds. The number of imide groups is 1. The van der Waals surface area contributed by atoms with E-state index in [1.165, 1.54) is 38.4 Å². The number of hydrogen-bond donors (Lipinski definition) is 0. The van der Waals surface area contributed by atoms with Crippen LogP contribution in [0.1, 0.15) is 54.9 Å². The fourth-order valence-electron chi connectivity index (χ4n) is 5.36. The van der Waals surface area contributed by atoms with E-state index in [2.05, 4.69) is 0 Å². The molecular weight excluding hydrogens is 533 g/mol. The van der Waals surface area contributed by atoms with Crippen molar-refractivity contribution in [3.05, 3.63) is 51.5 Å². The first-order valence-corrected chi connectivity index (χ1v) is 13.4. The molecule has 0 aromatic heterocycles. The topological polar surface area (TPSA) is 83.5 Å². The number of carbonyl (C=O) groups excluding carboxylic acids is 2. The maximum absolute atomic E-state index is 14.0. The van der Waals surface area contributed by atoms with Crippen molar-refractivity contribution in [1.29, 1.82) is 0 Å². The van der Waals surface area contributed by atoms with Gasteiger partial charge in [0, 0.05) is 24.1 Å². The highest BCUT2D eigenvalue weighted by molar-refractivity contribution is 6.42. The zero-order chi connectivity index (χ0) is 27.4. The van der Waals surface area contributed by atoms with Crippen LogP contribution >= 0.6 is 23.2 Å². The van der Waals surface area contributed by atoms with Crippen molar-refractivity contribution in [2.75, 3.05) is 34.5 Å². The Labute approximate surface area is 233 Å². The fourth-order valence-corrected chi connectivity index (χ4v) is 5.66. The Kier molecular flexibility index (Phi) is 9.08. The predicted octanol–water partition coefficient (Wildman–Crippen LogP) is 5.65. The first-order valence-electron chi connectivity index (χ1n) is 12.7. The summed E-state index contributed by atoms with van der Waals surface area (Å²) >= 11 is 12.6. The standard InChI is InChI=1S/C28H33Cl2NO7/c1-5-11-28(18-9-10-19(29)20(30)15-18)16-31(27(33)25(28)38-23-8-6-7-12-37-23)26(32)17-13-21(34-2)24(36-4)22(14-17)35-3/h9-10,13-15,23,25H,5-8,11-12,16H2,1-4H3. The van der Waals surface area contributed by atoms with Crippen LogP contribution in [0.4, 0.5) is 0 Å². The molecule has 38 heavy (non-hydrogen) atoms. The van der Waals surface area contributed by atoms with E-state index < -0.39 is 29.6 Å². The molecule has 0 bridgehead atoms. The number of ether oxygens (including phenoxy) is 5. The van der Waals surface area contributed by atoms with E-state index in [-0.39, 0.29) is 12.1 Å². The van der Waals surface area contributed by atoms with Crippen molar-refractivity contribution >= 4 is 35.0 Å². The summed E-state index contributed by atoms with van der Waals surface area (Å²) < 4.78 is 28.5. The number of rotatable bonds is 9. The van der Waals surface area contributed by atoms with Gasteiger partial charge in [0.15, 0.2) is 23.9 Å². The fraction of sp³-hybridized carbons (Fsp3) is 0.500. The third kappa shape index (κ3) is 5.32. The van der Waals surface area contributed by atoms with Crippen LogP contribution in [-0.2, 0) is 19.7 Å². The summed E-state index contributed by atoms with van der Waals surface area (Å²) in [7, 11) is 4.42. The van der Waals surface area contributed by atoms with Crippen molar-refractivity contribution in [3.63, 3.8) is 0 Å². The molecule has 2 aromatic rings. The lowest BCUT2D eigenvalue weighted by Crippen LogP contribution is -2.45. The van der Waals surface area contributed by atoms with Gasteiger partial charge in [0.25, 0.3) is 11.8 Å². The maximum Gasteiger partial charge on any atom is 0.260 e. The van der Waals surface area contributed by atoms with Crippen LogP contribution in [0, 0.1) is 0 Å². The second-order valence-electron chi connectivity index (χ2n) is 9.49. The zero-order valence-corrected chi connectivity index (χ0v) is 23.6. The Morgan fingerprint density at radius 3 is 2.32 bits per heavy atom. The average molecular weight is 566 g/mol. The van der Waals surface area contributed by atoms with E-state index in [4.69, 9.17) is 46.9 Å². The molecule has 2 fully saturated rings. The van der Waals surface area contributed by atoms with Gasteiger partial charge in [-0.1, -0.05) is 42.6 Å². The second kappa shape index (κ2) is 12.1. The zero-order valence-electron chi connectivity index (χ0n) is 22.1. The highest BCUT2D eigenvalue weighted by Crippen LogP contribution is 2.45. The van der Waals surface area contributed by atoms with Crippen molar-refractivity contribution < 1.29 is 33.3 Å². The molecular formula is C28H33Cl2NO7. The molecule has 2 aliphatic heterocycles. The number of benzene rings is 2. The van der Waals surface area contributed by atoms with Gasteiger partial charge in [-0.15, -0.1) is 0 Å². The number of amides is 2. The van der Waals surface area contributed by atoms with Crippen molar-refractivity contribution in [2.45, 2.75) is 56.8 Å². The number of nitrogens with zero attached hydrogens (tertiary/aromatic N) is 1.